The van der Waals surface area contributed by atoms with Gasteiger partial charge in [0.25, 0.3) is 0 Å². The van der Waals surface area contributed by atoms with Crippen molar-refractivity contribution >= 4 is 28.9 Å². The number of ether oxygens (including phenoxy) is 1. The molecule has 2 N–H and O–H groups in total. The minimum atomic E-state index is 0.320. The minimum absolute atomic E-state index is 0.320. The van der Waals surface area contributed by atoms with Gasteiger partial charge in [0.2, 0.25) is 0 Å². The van der Waals surface area contributed by atoms with Crippen LogP contribution in [-0.4, -0.2) is 0 Å². The summed E-state index contributed by atoms with van der Waals surface area (Å²) in [7, 11) is 0. The number of anilines is 1. The summed E-state index contributed by atoms with van der Waals surface area (Å²) in [6, 6.07) is 11.0. The number of benzene rings is 2. The van der Waals surface area contributed by atoms with Gasteiger partial charge in [-0.25, -0.2) is 0 Å². The Morgan fingerprint density at radius 2 is 1.78 bits per heavy atom. The topological polar surface area (TPSA) is 35.2 Å². The Kier molecular flexibility index (Phi) is 4.00. The molecule has 94 valence electrons. The Morgan fingerprint density at radius 3 is 2.39 bits per heavy atom. The Bertz CT molecular complexity index is 549. The molecule has 0 saturated heterocycles. The predicted molar refractivity (Wildman–Crippen MR) is 76.4 cm³/mol. The Balaban J connectivity index is 2.14. The van der Waals surface area contributed by atoms with Crippen molar-refractivity contribution in [2.75, 3.05) is 5.73 Å². The second kappa shape index (κ2) is 5.51. The molecule has 0 aliphatic heterocycles. The average Bonchev–Trinajstić information content (AvgIpc) is 2.33. The molecule has 0 radical (unpaired) electrons. The SMILES string of the molecule is Cc1ccc(OCc2c(Cl)cccc2Cl)cc1N. The third-order valence-corrected chi connectivity index (χ3v) is 3.40. The maximum absolute atomic E-state index is 6.06. The van der Waals surface area contributed by atoms with Crippen LogP contribution in [0, 0.1) is 6.92 Å². The molecule has 0 aliphatic carbocycles. The highest BCUT2D eigenvalue weighted by Gasteiger charge is 2.06. The number of aryl methyl sites for hydroxylation is 1. The highest BCUT2D eigenvalue weighted by molar-refractivity contribution is 6.35. The van der Waals surface area contributed by atoms with Crippen molar-refractivity contribution in [1.29, 1.82) is 0 Å². The zero-order valence-electron chi connectivity index (χ0n) is 9.91. The van der Waals surface area contributed by atoms with E-state index in [9.17, 15) is 0 Å². The van der Waals surface area contributed by atoms with Crippen LogP contribution in [0.3, 0.4) is 0 Å². The van der Waals surface area contributed by atoms with Crippen molar-refractivity contribution in [2.24, 2.45) is 0 Å². The monoisotopic (exact) mass is 281 g/mol. The van der Waals surface area contributed by atoms with Crippen LogP contribution in [0.2, 0.25) is 10.0 Å². The Hall–Kier alpha value is -1.38. The highest BCUT2D eigenvalue weighted by atomic mass is 35.5. The first-order chi connectivity index (χ1) is 8.58. The van der Waals surface area contributed by atoms with E-state index >= 15 is 0 Å². The molecule has 2 aromatic carbocycles. The largest absolute Gasteiger partial charge is 0.489 e. The van der Waals surface area contributed by atoms with Crippen molar-refractivity contribution in [3.8, 4) is 5.75 Å². The number of hydrogen-bond acceptors (Lipinski definition) is 2. The normalized spacial score (nSPS) is 10.4. The van der Waals surface area contributed by atoms with Crippen molar-refractivity contribution in [3.63, 3.8) is 0 Å². The third kappa shape index (κ3) is 2.89. The molecule has 18 heavy (non-hydrogen) atoms. The van der Waals surface area contributed by atoms with E-state index in [4.69, 9.17) is 33.7 Å². The molecular formula is C14H13Cl2NO. The van der Waals surface area contributed by atoms with Gasteiger partial charge >= 0.3 is 0 Å². The van der Waals surface area contributed by atoms with Crippen molar-refractivity contribution in [2.45, 2.75) is 13.5 Å². The van der Waals surface area contributed by atoms with Gasteiger partial charge < -0.3 is 10.5 Å². The molecule has 0 fully saturated rings. The fraction of sp³-hybridized carbons (Fsp3) is 0.143. The van der Waals surface area contributed by atoms with Crippen molar-refractivity contribution in [1.82, 2.24) is 0 Å². The average molecular weight is 282 g/mol. The van der Waals surface area contributed by atoms with E-state index in [1.54, 1.807) is 24.3 Å². The Morgan fingerprint density at radius 1 is 1.11 bits per heavy atom. The molecule has 2 nitrogen and oxygen atoms in total. The van der Waals surface area contributed by atoms with Gasteiger partial charge in [0, 0.05) is 27.4 Å². The van der Waals surface area contributed by atoms with Gasteiger partial charge in [-0.2, -0.15) is 0 Å². The van der Waals surface area contributed by atoms with Crippen LogP contribution in [0.15, 0.2) is 36.4 Å². The summed E-state index contributed by atoms with van der Waals surface area (Å²) in [6.45, 7) is 2.27. The van der Waals surface area contributed by atoms with Crippen LogP contribution in [0.1, 0.15) is 11.1 Å². The van der Waals surface area contributed by atoms with Crippen LogP contribution in [0.5, 0.6) is 5.75 Å². The summed E-state index contributed by atoms with van der Waals surface area (Å²) in [6.07, 6.45) is 0. The quantitative estimate of drug-likeness (QED) is 0.843. The molecule has 0 unspecified atom stereocenters. The lowest BCUT2D eigenvalue weighted by Gasteiger charge is -2.10. The molecule has 0 heterocycles. The number of nitrogen functional groups attached to an aromatic ring is 1. The summed E-state index contributed by atoms with van der Waals surface area (Å²) in [5.74, 6) is 0.703. The summed E-state index contributed by atoms with van der Waals surface area (Å²) in [4.78, 5) is 0. The first-order valence-electron chi connectivity index (χ1n) is 5.50. The van der Waals surface area contributed by atoms with Gasteiger partial charge in [-0.15, -0.1) is 0 Å². The van der Waals surface area contributed by atoms with Gasteiger partial charge in [0.15, 0.2) is 0 Å². The molecule has 0 spiro atoms. The maximum atomic E-state index is 6.06. The third-order valence-electron chi connectivity index (χ3n) is 2.70. The molecule has 0 saturated carbocycles. The molecule has 0 atom stereocenters. The summed E-state index contributed by atoms with van der Waals surface area (Å²) < 4.78 is 5.64. The molecule has 0 amide bonds. The van der Waals surface area contributed by atoms with E-state index in [-0.39, 0.29) is 0 Å². The van der Waals surface area contributed by atoms with Crippen LogP contribution in [-0.2, 0) is 6.61 Å². The van der Waals surface area contributed by atoms with Gasteiger partial charge in [-0.05, 0) is 30.7 Å². The standard InChI is InChI=1S/C14H13Cl2NO/c1-9-5-6-10(7-14(9)17)18-8-11-12(15)3-2-4-13(11)16/h2-7H,8,17H2,1H3. The molecule has 4 heteroatoms. The van der Waals surface area contributed by atoms with E-state index in [1.165, 1.54) is 0 Å². The number of rotatable bonds is 3. The van der Waals surface area contributed by atoms with Crippen LogP contribution >= 0.6 is 23.2 Å². The van der Waals surface area contributed by atoms with Gasteiger partial charge in [0.1, 0.15) is 12.4 Å². The predicted octanol–water partition coefficient (Wildman–Crippen LogP) is 4.46. The smallest absolute Gasteiger partial charge is 0.121 e. The second-order valence-corrected chi connectivity index (χ2v) is 4.82. The van der Waals surface area contributed by atoms with Crippen molar-refractivity contribution < 1.29 is 4.74 Å². The molecule has 0 aliphatic rings. The van der Waals surface area contributed by atoms with Gasteiger partial charge in [-0.1, -0.05) is 35.3 Å². The first-order valence-corrected chi connectivity index (χ1v) is 6.25. The lowest BCUT2D eigenvalue weighted by Crippen LogP contribution is -1.98. The number of nitrogens with two attached hydrogens (primary N) is 1. The molecule has 0 aromatic heterocycles. The fourth-order valence-corrected chi connectivity index (χ4v) is 2.04. The summed E-state index contributed by atoms with van der Waals surface area (Å²) in [5, 5.41) is 1.20. The van der Waals surface area contributed by atoms with Crippen molar-refractivity contribution in [3.05, 3.63) is 57.6 Å². The first kappa shape index (κ1) is 13.1. The molecule has 0 bridgehead atoms. The van der Waals surface area contributed by atoms with E-state index in [2.05, 4.69) is 0 Å². The summed E-state index contributed by atoms with van der Waals surface area (Å²) >= 11 is 12.1. The highest BCUT2D eigenvalue weighted by Crippen LogP contribution is 2.26. The Labute approximate surface area is 116 Å². The van der Waals surface area contributed by atoms with Gasteiger partial charge in [0.05, 0.1) is 0 Å². The zero-order valence-corrected chi connectivity index (χ0v) is 11.4. The molecular weight excluding hydrogens is 269 g/mol. The fourth-order valence-electron chi connectivity index (χ4n) is 1.53. The number of hydrogen-bond donors (Lipinski definition) is 1. The van der Waals surface area contributed by atoms with E-state index < -0.39 is 0 Å². The van der Waals surface area contributed by atoms with Crippen LogP contribution < -0.4 is 10.5 Å². The summed E-state index contributed by atoms with van der Waals surface area (Å²) in [5.41, 5.74) is 8.33. The van der Waals surface area contributed by atoms with Crippen LogP contribution in [0.4, 0.5) is 5.69 Å². The minimum Gasteiger partial charge on any atom is -0.489 e. The lowest BCUT2D eigenvalue weighted by molar-refractivity contribution is 0.306. The maximum Gasteiger partial charge on any atom is 0.121 e. The van der Waals surface area contributed by atoms with E-state index in [0.29, 0.717) is 28.1 Å². The molecule has 2 aromatic rings. The van der Waals surface area contributed by atoms with Gasteiger partial charge in [-0.3, -0.25) is 0 Å². The van der Waals surface area contributed by atoms with E-state index in [0.717, 1.165) is 11.1 Å². The number of halogens is 2. The zero-order chi connectivity index (χ0) is 13.1. The van der Waals surface area contributed by atoms with Crippen LogP contribution in [0.25, 0.3) is 0 Å². The molecule has 2 rings (SSSR count). The van der Waals surface area contributed by atoms with E-state index in [1.807, 2.05) is 19.1 Å². The lowest BCUT2D eigenvalue weighted by atomic mass is 10.2. The second-order valence-electron chi connectivity index (χ2n) is 4.01.